The Balaban J connectivity index is 2.60. The zero-order valence-electron chi connectivity index (χ0n) is 8.43. The molecule has 0 saturated carbocycles. The molecule has 0 spiro atoms. The lowest BCUT2D eigenvalue weighted by atomic mass is 10.5. The summed E-state index contributed by atoms with van der Waals surface area (Å²) in [6, 6.07) is 0. The zero-order valence-corrected chi connectivity index (χ0v) is 10.1. The fraction of sp³-hybridized carbons (Fsp3) is 0.714. The van der Waals surface area contributed by atoms with E-state index in [1.54, 1.807) is 0 Å². The minimum absolute atomic E-state index is 0.0184. The van der Waals surface area contributed by atoms with Crippen LogP contribution in [0.3, 0.4) is 0 Å². The molecule has 0 unspecified atom stereocenters. The van der Waals surface area contributed by atoms with Crippen LogP contribution in [0.25, 0.3) is 0 Å². The molecule has 0 aromatic carbocycles. The van der Waals surface area contributed by atoms with Crippen LogP contribution in [0, 0.1) is 0 Å². The summed E-state index contributed by atoms with van der Waals surface area (Å²) in [5.74, 6) is 0.0184. The van der Waals surface area contributed by atoms with Crippen molar-refractivity contribution in [2.75, 3.05) is 17.0 Å². The van der Waals surface area contributed by atoms with Gasteiger partial charge in [-0.3, -0.25) is 4.72 Å². The number of rotatable bonds is 6. The van der Waals surface area contributed by atoms with Gasteiger partial charge in [0.15, 0.2) is 0 Å². The molecule has 3 N–H and O–H groups in total. The largest absolute Gasteiger partial charge is 0.330 e. The Morgan fingerprint density at radius 3 is 2.73 bits per heavy atom. The Labute approximate surface area is 93.0 Å². The van der Waals surface area contributed by atoms with Gasteiger partial charge in [-0.2, -0.15) is 0 Å². The molecule has 0 aliphatic rings. The first-order valence-corrected chi connectivity index (χ1v) is 7.07. The van der Waals surface area contributed by atoms with E-state index >= 15 is 0 Å². The average molecular weight is 250 g/mol. The highest BCUT2D eigenvalue weighted by molar-refractivity contribution is 7.92. The Morgan fingerprint density at radius 1 is 1.47 bits per heavy atom. The van der Waals surface area contributed by atoms with Gasteiger partial charge in [0.05, 0.1) is 5.75 Å². The first kappa shape index (κ1) is 12.3. The van der Waals surface area contributed by atoms with Gasteiger partial charge in [-0.15, -0.1) is 10.2 Å². The second-order valence-electron chi connectivity index (χ2n) is 2.92. The third-order valence-electron chi connectivity index (χ3n) is 1.63. The predicted octanol–water partition coefficient (Wildman–Crippen LogP) is 0.191. The average Bonchev–Trinajstić information content (AvgIpc) is 2.62. The first-order chi connectivity index (χ1) is 7.07. The molecule has 1 aromatic heterocycles. The summed E-state index contributed by atoms with van der Waals surface area (Å²) in [4.78, 5) is 0. The van der Waals surface area contributed by atoms with Crippen molar-refractivity contribution in [3.8, 4) is 0 Å². The quantitative estimate of drug-likeness (QED) is 0.751. The van der Waals surface area contributed by atoms with Crippen LogP contribution in [0.5, 0.6) is 0 Å². The smallest absolute Gasteiger partial charge is 0.234 e. The van der Waals surface area contributed by atoms with Gasteiger partial charge in [-0.25, -0.2) is 8.42 Å². The van der Waals surface area contributed by atoms with Crippen LogP contribution in [-0.4, -0.2) is 30.9 Å². The summed E-state index contributed by atoms with van der Waals surface area (Å²) in [5.41, 5.74) is 5.24. The predicted molar refractivity (Wildman–Crippen MR) is 60.4 cm³/mol. The van der Waals surface area contributed by atoms with E-state index in [-0.39, 0.29) is 5.75 Å². The maximum atomic E-state index is 11.4. The molecule has 0 amide bonds. The van der Waals surface area contributed by atoms with Gasteiger partial charge in [0.2, 0.25) is 15.2 Å². The highest BCUT2D eigenvalue weighted by Gasteiger charge is 2.12. The third kappa shape index (κ3) is 4.10. The molecule has 15 heavy (non-hydrogen) atoms. The monoisotopic (exact) mass is 250 g/mol. The third-order valence-corrected chi connectivity index (χ3v) is 4.07. The van der Waals surface area contributed by atoms with Gasteiger partial charge in [0, 0.05) is 0 Å². The van der Waals surface area contributed by atoms with Crippen molar-refractivity contribution < 1.29 is 8.42 Å². The molecule has 0 radical (unpaired) electrons. The molecule has 1 aromatic rings. The fourth-order valence-corrected chi connectivity index (χ4v) is 2.93. The molecule has 0 aliphatic heterocycles. The second-order valence-corrected chi connectivity index (χ2v) is 5.82. The molecule has 0 fully saturated rings. The number of hydrogen-bond acceptors (Lipinski definition) is 6. The summed E-state index contributed by atoms with van der Waals surface area (Å²) >= 11 is 1.25. The van der Waals surface area contributed by atoms with Crippen molar-refractivity contribution >= 4 is 26.5 Å². The van der Waals surface area contributed by atoms with E-state index in [9.17, 15) is 8.42 Å². The van der Waals surface area contributed by atoms with Gasteiger partial charge in [0.25, 0.3) is 0 Å². The lowest BCUT2D eigenvalue weighted by Gasteiger charge is -2.02. The molecule has 0 bridgehead atoms. The number of aromatic nitrogens is 2. The maximum Gasteiger partial charge on any atom is 0.234 e. The van der Waals surface area contributed by atoms with Crippen LogP contribution in [0.4, 0.5) is 5.13 Å². The molecular weight excluding hydrogens is 236 g/mol. The highest BCUT2D eigenvalue weighted by Crippen LogP contribution is 2.16. The molecule has 8 heteroatoms. The minimum atomic E-state index is -3.31. The summed E-state index contributed by atoms with van der Waals surface area (Å²) in [7, 11) is -3.31. The number of aryl methyl sites for hydroxylation is 1. The molecule has 0 aliphatic carbocycles. The van der Waals surface area contributed by atoms with Gasteiger partial charge in [0.1, 0.15) is 5.01 Å². The van der Waals surface area contributed by atoms with Crippen LogP contribution in [0.15, 0.2) is 0 Å². The lowest BCUT2D eigenvalue weighted by Crippen LogP contribution is -2.18. The Bertz CT molecular complexity index is 401. The Hall–Kier alpha value is -0.730. The summed E-state index contributed by atoms with van der Waals surface area (Å²) in [6.07, 6.45) is 1.19. The number of nitrogens with zero attached hydrogens (tertiary/aromatic N) is 2. The van der Waals surface area contributed by atoms with Gasteiger partial charge >= 0.3 is 0 Å². The number of anilines is 1. The standard InChI is InChI=1S/C7H14N4O2S2/c1-2-6-9-10-7(14-6)11-15(12,13)5-3-4-8/h2-5,8H2,1H3,(H,10,11). The number of nitrogens with two attached hydrogens (primary N) is 1. The van der Waals surface area contributed by atoms with E-state index in [4.69, 9.17) is 5.73 Å². The van der Waals surface area contributed by atoms with Crippen molar-refractivity contribution in [1.82, 2.24) is 10.2 Å². The Kier molecular flexibility index (Phi) is 4.43. The molecule has 1 rings (SSSR count). The van der Waals surface area contributed by atoms with Gasteiger partial charge < -0.3 is 5.73 Å². The maximum absolute atomic E-state index is 11.4. The van der Waals surface area contributed by atoms with Crippen LogP contribution in [0.1, 0.15) is 18.4 Å². The van der Waals surface area contributed by atoms with E-state index < -0.39 is 10.0 Å². The van der Waals surface area contributed by atoms with Gasteiger partial charge in [-0.1, -0.05) is 18.3 Å². The van der Waals surface area contributed by atoms with E-state index in [2.05, 4.69) is 14.9 Å². The topological polar surface area (TPSA) is 98.0 Å². The normalized spacial score (nSPS) is 11.6. The van der Waals surface area contributed by atoms with Crippen molar-refractivity contribution in [3.63, 3.8) is 0 Å². The second kappa shape index (κ2) is 5.38. The fourth-order valence-electron chi connectivity index (χ4n) is 0.895. The molecule has 1 heterocycles. The molecule has 0 atom stereocenters. The molecular formula is C7H14N4O2S2. The lowest BCUT2D eigenvalue weighted by molar-refractivity contribution is 0.598. The van der Waals surface area contributed by atoms with Crippen molar-refractivity contribution in [2.24, 2.45) is 5.73 Å². The van der Waals surface area contributed by atoms with Crippen molar-refractivity contribution in [2.45, 2.75) is 19.8 Å². The summed E-state index contributed by atoms with van der Waals surface area (Å²) in [6.45, 7) is 2.30. The zero-order chi connectivity index (χ0) is 11.3. The van der Waals surface area contributed by atoms with E-state index in [0.29, 0.717) is 18.1 Å². The number of nitrogens with one attached hydrogen (secondary N) is 1. The van der Waals surface area contributed by atoms with E-state index in [0.717, 1.165) is 11.4 Å². The van der Waals surface area contributed by atoms with Gasteiger partial charge in [-0.05, 0) is 19.4 Å². The first-order valence-electron chi connectivity index (χ1n) is 4.60. The molecule has 86 valence electrons. The SMILES string of the molecule is CCc1nnc(NS(=O)(=O)CCCN)s1. The summed E-state index contributed by atoms with van der Waals surface area (Å²) in [5, 5.41) is 8.68. The van der Waals surface area contributed by atoms with Crippen molar-refractivity contribution in [1.29, 1.82) is 0 Å². The van der Waals surface area contributed by atoms with E-state index in [1.807, 2.05) is 6.92 Å². The molecule has 6 nitrogen and oxygen atoms in total. The Morgan fingerprint density at radius 2 is 2.20 bits per heavy atom. The summed E-state index contributed by atoms with van der Waals surface area (Å²) < 4.78 is 25.2. The van der Waals surface area contributed by atoms with E-state index in [1.165, 1.54) is 11.3 Å². The minimum Gasteiger partial charge on any atom is -0.330 e. The number of sulfonamides is 1. The van der Waals surface area contributed by atoms with Crippen LogP contribution in [0.2, 0.25) is 0 Å². The van der Waals surface area contributed by atoms with Crippen LogP contribution in [-0.2, 0) is 16.4 Å². The van der Waals surface area contributed by atoms with Crippen LogP contribution >= 0.6 is 11.3 Å². The highest BCUT2D eigenvalue weighted by atomic mass is 32.2. The van der Waals surface area contributed by atoms with Crippen molar-refractivity contribution in [3.05, 3.63) is 5.01 Å². The van der Waals surface area contributed by atoms with Crippen LogP contribution < -0.4 is 10.5 Å². The molecule has 0 saturated heterocycles. The number of hydrogen-bond donors (Lipinski definition) is 2.